The van der Waals surface area contributed by atoms with Gasteiger partial charge >= 0.3 is 6.16 Å². The average molecular weight is 511 g/mol. The van der Waals surface area contributed by atoms with Crippen molar-refractivity contribution in [3.63, 3.8) is 0 Å². The number of hydrogen-bond acceptors (Lipinski definition) is 9. The van der Waals surface area contributed by atoms with Crippen molar-refractivity contribution in [2.75, 3.05) is 17.6 Å². The van der Waals surface area contributed by atoms with Crippen molar-refractivity contribution in [2.45, 2.75) is 56.0 Å². The summed E-state index contributed by atoms with van der Waals surface area (Å²) in [5.41, 5.74) is 2.32. The minimum absolute atomic E-state index is 0.342. The van der Waals surface area contributed by atoms with E-state index >= 15 is 0 Å². The summed E-state index contributed by atoms with van der Waals surface area (Å²) in [5.74, 6) is 1.54. The van der Waals surface area contributed by atoms with Crippen molar-refractivity contribution in [1.82, 2.24) is 25.0 Å². The van der Waals surface area contributed by atoms with E-state index in [0.29, 0.717) is 41.5 Å². The summed E-state index contributed by atoms with van der Waals surface area (Å²) in [6, 6.07) is 7.43. The van der Waals surface area contributed by atoms with Gasteiger partial charge in [-0.15, -0.1) is 5.10 Å². The number of nitrogens with zero attached hydrogens (tertiary/aromatic N) is 5. The van der Waals surface area contributed by atoms with Crippen LogP contribution in [0.3, 0.4) is 0 Å². The van der Waals surface area contributed by atoms with Gasteiger partial charge in [-0.25, -0.2) is 19.4 Å². The molecule has 2 heterocycles. The van der Waals surface area contributed by atoms with Crippen LogP contribution in [0.4, 0.5) is 10.6 Å². The van der Waals surface area contributed by atoms with E-state index in [1.807, 2.05) is 24.3 Å². The fraction of sp³-hybridized carbons (Fsp3) is 0.476. The molecular weight excluding hydrogens is 484 g/mol. The third-order valence-electron chi connectivity index (χ3n) is 5.22. The lowest BCUT2D eigenvalue weighted by atomic mass is 10.1. The predicted octanol–water partition coefficient (Wildman–Crippen LogP) is 3.31. The molecule has 34 heavy (non-hydrogen) atoms. The number of fused-ring (bicyclic) bond motifs is 1. The molecule has 1 fully saturated rings. The normalized spacial score (nSPS) is 19.6. The molecule has 1 saturated carbocycles. The lowest BCUT2D eigenvalue weighted by Crippen LogP contribution is -2.28. The molecular formula is C21H27ClN6O5S. The quantitative estimate of drug-likeness (QED) is 0.223. The van der Waals surface area contributed by atoms with Crippen molar-refractivity contribution in [2.24, 2.45) is 0 Å². The minimum atomic E-state index is -1.83. The van der Waals surface area contributed by atoms with Gasteiger partial charge in [-0.05, 0) is 43.4 Å². The van der Waals surface area contributed by atoms with Crippen molar-refractivity contribution >= 4 is 46.5 Å². The predicted molar refractivity (Wildman–Crippen MR) is 129 cm³/mol. The highest BCUT2D eigenvalue weighted by Crippen LogP contribution is 2.33. The van der Waals surface area contributed by atoms with Gasteiger partial charge in [0.05, 0.1) is 12.1 Å². The molecule has 184 valence electrons. The molecule has 0 spiro atoms. The van der Waals surface area contributed by atoms with Gasteiger partial charge < -0.3 is 25.7 Å². The first-order valence-corrected chi connectivity index (χ1v) is 12.2. The first-order valence-electron chi connectivity index (χ1n) is 10.8. The Kier molecular flexibility index (Phi) is 9.28. The van der Waals surface area contributed by atoms with E-state index in [1.165, 1.54) is 5.56 Å². The summed E-state index contributed by atoms with van der Waals surface area (Å²) >= 11 is 7.53. The number of thioether (sulfide) groups is 1. The summed E-state index contributed by atoms with van der Waals surface area (Å²) in [6.45, 7) is 2.78. The van der Waals surface area contributed by atoms with Crippen LogP contribution in [0.5, 0.6) is 0 Å². The molecule has 0 saturated heterocycles. The van der Waals surface area contributed by atoms with E-state index in [2.05, 4.69) is 32.5 Å². The molecule has 0 unspecified atom stereocenters. The standard InChI is InChI=1S/C20H25ClN6O2S.CH2O3/c1-2-11-30-20-23-18(22-10-9-12-3-5-13(21)6-4-12)16-19(24-20)27(26-25-16)14-7-8-15(28)17(14)29;2-1(3)4/h3-6,14-15,17,28-29H,2,7-11H2,1H3,(H,22,23,24);(H2,2,3,4)/t14-,15-,17+;/m1./s1. The molecule has 4 rings (SSSR count). The van der Waals surface area contributed by atoms with E-state index in [-0.39, 0.29) is 6.04 Å². The van der Waals surface area contributed by atoms with Crippen LogP contribution in [0.15, 0.2) is 29.4 Å². The lowest BCUT2D eigenvalue weighted by molar-refractivity contribution is 0.0215. The number of aliphatic hydroxyl groups is 2. The average Bonchev–Trinajstić information content (AvgIpc) is 3.36. The number of carboxylic acid groups (broad SMARTS) is 2. The molecule has 3 aromatic rings. The van der Waals surface area contributed by atoms with Crippen LogP contribution >= 0.6 is 23.4 Å². The van der Waals surface area contributed by atoms with Crippen LogP contribution in [-0.4, -0.2) is 76.0 Å². The summed E-state index contributed by atoms with van der Waals surface area (Å²) in [6.07, 6.45) is -0.485. The first-order chi connectivity index (χ1) is 16.3. The van der Waals surface area contributed by atoms with Crippen molar-refractivity contribution in [1.29, 1.82) is 0 Å². The number of halogens is 1. The Labute approximate surface area is 205 Å². The zero-order valence-corrected chi connectivity index (χ0v) is 20.1. The van der Waals surface area contributed by atoms with E-state index < -0.39 is 18.4 Å². The third kappa shape index (κ3) is 6.69. The molecule has 11 nitrogen and oxygen atoms in total. The maximum Gasteiger partial charge on any atom is 0.503 e. The number of nitrogens with one attached hydrogen (secondary N) is 1. The Bertz CT molecular complexity index is 1100. The molecule has 0 aliphatic heterocycles. The molecule has 0 bridgehead atoms. The first kappa shape index (κ1) is 25.9. The Morgan fingerprint density at radius 3 is 2.53 bits per heavy atom. The summed E-state index contributed by atoms with van der Waals surface area (Å²) in [4.78, 5) is 17.9. The maximum absolute atomic E-state index is 10.3. The number of aromatic nitrogens is 5. The summed E-state index contributed by atoms with van der Waals surface area (Å²) in [5, 5.41) is 47.5. The van der Waals surface area contributed by atoms with E-state index in [1.54, 1.807) is 16.4 Å². The molecule has 1 aromatic carbocycles. The van der Waals surface area contributed by atoms with Crippen LogP contribution in [0.25, 0.3) is 11.2 Å². The number of benzene rings is 1. The minimum Gasteiger partial charge on any atom is -0.450 e. The topological polar surface area (TPSA) is 167 Å². The van der Waals surface area contributed by atoms with Gasteiger partial charge in [-0.3, -0.25) is 0 Å². The molecule has 1 aliphatic rings. The fourth-order valence-corrected chi connectivity index (χ4v) is 4.42. The second-order valence-corrected chi connectivity index (χ2v) is 9.20. The molecule has 2 aromatic heterocycles. The SMILES string of the molecule is CCCSc1nc(NCCc2ccc(Cl)cc2)c2nnn([C@@H]3CC[C@@H](O)[C@H]3O)c2n1.O=C(O)O. The summed E-state index contributed by atoms with van der Waals surface area (Å²) < 4.78 is 1.64. The Morgan fingerprint density at radius 2 is 1.91 bits per heavy atom. The Hall–Kier alpha value is -2.67. The number of hydrogen-bond donors (Lipinski definition) is 5. The van der Waals surface area contributed by atoms with Crippen LogP contribution < -0.4 is 5.32 Å². The Morgan fingerprint density at radius 1 is 1.21 bits per heavy atom. The molecule has 5 N–H and O–H groups in total. The van der Waals surface area contributed by atoms with Crippen LogP contribution in [0.2, 0.25) is 5.02 Å². The smallest absolute Gasteiger partial charge is 0.450 e. The van der Waals surface area contributed by atoms with Gasteiger partial charge in [0.15, 0.2) is 22.1 Å². The third-order valence-corrected chi connectivity index (χ3v) is 6.52. The van der Waals surface area contributed by atoms with Gasteiger partial charge in [0.1, 0.15) is 6.10 Å². The monoisotopic (exact) mass is 510 g/mol. The Balaban J connectivity index is 0.000000751. The van der Waals surface area contributed by atoms with E-state index in [9.17, 15) is 10.2 Å². The van der Waals surface area contributed by atoms with Gasteiger partial charge in [-0.1, -0.05) is 47.6 Å². The highest BCUT2D eigenvalue weighted by molar-refractivity contribution is 7.99. The molecule has 3 atom stereocenters. The largest absolute Gasteiger partial charge is 0.503 e. The van der Waals surface area contributed by atoms with E-state index in [0.717, 1.165) is 23.6 Å². The van der Waals surface area contributed by atoms with E-state index in [4.69, 9.17) is 26.6 Å². The van der Waals surface area contributed by atoms with Gasteiger partial charge in [0, 0.05) is 17.3 Å². The molecule has 1 aliphatic carbocycles. The zero-order valence-electron chi connectivity index (χ0n) is 18.5. The second kappa shape index (κ2) is 12.2. The van der Waals surface area contributed by atoms with Crippen molar-refractivity contribution < 1.29 is 25.2 Å². The summed E-state index contributed by atoms with van der Waals surface area (Å²) in [7, 11) is 0. The molecule has 13 heteroatoms. The van der Waals surface area contributed by atoms with Crippen LogP contribution in [-0.2, 0) is 6.42 Å². The number of anilines is 1. The maximum atomic E-state index is 10.3. The van der Waals surface area contributed by atoms with Gasteiger partial charge in [-0.2, -0.15) is 0 Å². The zero-order chi connectivity index (χ0) is 24.7. The number of aliphatic hydroxyl groups excluding tert-OH is 2. The number of rotatable bonds is 8. The highest BCUT2D eigenvalue weighted by Gasteiger charge is 2.37. The second-order valence-electron chi connectivity index (χ2n) is 7.70. The fourth-order valence-electron chi connectivity index (χ4n) is 3.60. The number of carbonyl (C=O) groups is 1. The van der Waals surface area contributed by atoms with Crippen LogP contribution in [0.1, 0.15) is 37.8 Å². The van der Waals surface area contributed by atoms with Gasteiger partial charge in [0.25, 0.3) is 0 Å². The lowest BCUT2D eigenvalue weighted by Gasteiger charge is -2.16. The van der Waals surface area contributed by atoms with Gasteiger partial charge in [0.2, 0.25) is 0 Å². The van der Waals surface area contributed by atoms with Crippen LogP contribution in [0, 0.1) is 0 Å². The highest BCUT2D eigenvalue weighted by atomic mass is 35.5. The molecule has 0 amide bonds. The van der Waals surface area contributed by atoms with Crippen molar-refractivity contribution in [3.05, 3.63) is 34.9 Å². The molecule has 0 radical (unpaired) electrons. The van der Waals surface area contributed by atoms with Crippen molar-refractivity contribution in [3.8, 4) is 0 Å².